The van der Waals surface area contributed by atoms with Crippen LogP contribution in [0.3, 0.4) is 0 Å². The minimum absolute atomic E-state index is 0.175. The number of carbonyl (C=O) groups is 1. The predicted octanol–water partition coefficient (Wildman–Crippen LogP) is 4.44. The average molecular weight is 483 g/mol. The molecule has 180 valence electrons. The van der Waals surface area contributed by atoms with Gasteiger partial charge in [0, 0.05) is 42.0 Å². The molecule has 0 radical (unpaired) electrons. The van der Waals surface area contributed by atoms with E-state index in [9.17, 15) is 23.1 Å². The molecule has 0 aliphatic heterocycles. The zero-order valence-electron chi connectivity index (χ0n) is 18.3. The van der Waals surface area contributed by atoms with Crippen molar-refractivity contribution in [2.75, 3.05) is 10.6 Å². The fourth-order valence-electron chi connectivity index (χ4n) is 3.37. The second-order valence-corrected chi connectivity index (χ2v) is 7.72. The molecule has 1 atom stereocenters. The highest BCUT2D eigenvalue weighted by Gasteiger charge is 2.32. The Balaban J connectivity index is 1.51. The number of alkyl halides is 3. The minimum Gasteiger partial charge on any atom is -0.480 e. The number of nitrogens with one attached hydrogen (secondary N) is 3. The number of aliphatic carboxylic acids is 1. The Kier molecular flexibility index (Phi) is 6.62. The molecule has 0 saturated carbocycles. The zero-order chi connectivity index (χ0) is 25.0. The van der Waals surface area contributed by atoms with Crippen LogP contribution in [0.15, 0.2) is 61.3 Å². The van der Waals surface area contributed by atoms with Crippen LogP contribution in [-0.4, -0.2) is 42.0 Å². The summed E-state index contributed by atoms with van der Waals surface area (Å²) >= 11 is 0. The van der Waals surface area contributed by atoms with Gasteiger partial charge in [-0.15, -0.1) is 0 Å². The van der Waals surface area contributed by atoms with Crippen LogP contribution in [0.25, 0.3) is 11.1 Å². The Morgan fingerprint density at radius 2 is 1.94 bits per heavy atom. The smallest absolute Gasteiger partial charge is 0.433 e. The second-order valence-electron chi connectivity index (χ2n) is 7.72. The SMILES string of the molecule is Cc1cc(Nc2nccc(C(F)(F)F)n2)cc(-c2ccc(N[C@@H](Cc3cnc[nH]3)C(=O)O)nc2)c1. The summed E-state index contributed by atoms with van der Waals surface area (Å²) in [5.74, 6) is -0.827. The Bertz CT molecular complexity index is 1310. The molecular weight excluding hydrogens is 463 g/mol. The van der Waals surface area contributed by atoms with Gasteiger partial charge >= 0.3 is 12.1 Å². The maximum absolute atomic E-state index is 12.9. The van der Waals surface area contributed by atoms with Crippen LogP contribution in [0, 0.1) is 6.92 Å². The summed E-state index contributed by atoms with van der Waals surface area (Å²) in [7, 11) is 0. The number of benzene rings is 1. The van der Waals surface area contributed by atoms with Gasteiger partial charge in [-0.2, -0.15) is 13.2 Å². The topological polar surface area (TPSA) is 129 Å². The molecule has 9 nitrogen and oxygen atoms in total. The van der Waals surface area contributed by atoms with Gasteiger partial charge in [0.15, 0.2) is 0 Å². The van der Waals surface area contributed by atoms with Gasteiger partial charge in [0.2, 0.25) is 5.95 Å². The maximum Gasteiger partial charge on any atom is 0.433 e. The van der Waals surface area contributed by atoms with Crippen LogP contribution >= 0.6 is 0 Å². The average Bonchev–Trinajstić information content (AvgIpc) is 3.31. The van der Waals surface area contributed by atoms with Gasteiger partial charge in [0.1, 0.15) is 17.6 Å². The second kappa shape index (κ2) is 9.79. The minimum atomic E-state index is -4.57. The normalized spacial score (nSPS) is 12.2. The fraction of sp³-hybridized carbons (Fsp3) is 0.174. The number of hydrogen-bond donors (Lipinski definition) is 4. The van der Waals surface area contributed by atoms with Crippen LogP contribution < -0.4 is 10.6 Å². The van der Waals surface area contributed by atoms with Gasteiger partial charge in [-0.05, 0) is 48.4 Å². The first kappa shape index (κ1) is 23.7. The number of carboxylic acid groups (broad SMARTS) is 1. The lowest BCUT2D eigenvalue weighted by Crippen LogP contribution is -2.32. The number of aromatic nitrogens is 5. The molecule has 0 bridgehead atoms. The summed E-state index contributed by atoms with van der Waals surface area (Å²) in [6.07, 6.45) is 1.28. The standard InChI is InChI=1S/C23H20F3N7O2/c1-13-6-15(8-16(7-13)31-22-28-5-4-19(33-22)23(24,25)26)14-2-3-20(29-10-14)32-18(21(34)35)9-17-11-27-12-30-17/h2-8,10-12,18H,9H2,1H3,(H,27,30)(H,29,32)(H,34,35)(H,28,31,33)/t18-/m0/s1. The van der Waals surface area contributed by atoms with E-state index in [4.69, 9.17) is 0 Å². The Hall–Kier alpha value is -4.48. The molecule has 35 heavy (non-hydrogen) atoms. The van der Waals surface area contributed by atoms with Crippen molar-refractivity contribution in [2.45, 2.75) is 25.6 Å². The summed E-state index contributed by atoms with van der Waals surface area (Å²) in [4.78, 5) is 30.1. The molecule has 0 spiro atoms. The molecule has 3 aromatic heterocycles. The lowest BCUT2D eigenvalue weighted by atomic mass is 10.0. The molecule has 3 heterocycles. The van der Waals surface area contributed by atoms with E-state index < -0.39 is 23.9 Å². The molecule has 0 fully saturated rings. The van der Waals surface area contributed by atoms with Crippen LogP contribution in [0.1, 0.15) is 17.0 Å². The number of nitrogens with zero attached hydrogens (tertiary/aromatic N) is 4. The van der Waals surface area contributed by atoms with Gasteiger partial charge in [-0.3, -0.25) is 0 Å². The third-order valence-electron chi connectivity index (χ3n) is 4.98. The fourth-order valence-corrected chi connectivity index (χ4v) is 3.37. The van der Waals surface area contributed by atoms with Crippen LogP contribution in [0.4, 0.5) is 30.6 Å². The molecule has 12 heteroatoms. The third kappa shape index (κ3) is 6.10. The van der Waals surface area contributed by atoms with Gasteiger partial charge < -0.3 is 20.7 Å². The van der Waals surface area contributed by atoms with Gasteiger partial charge in [0.25, 0.3) is 0 Å². The lowest BCUT2D eigenvalue weighted by Gasteiger charge is -2.15. The highest BCUT2D eigenvalue weighted by atomic mass is 19.4. The largest absolute Gasteiger partial charge is 0.480 e. The van der Waals surface area contributed by atoms with E-state index in [1.54, 1.807) is 36.7 Å². The monoisotopic (exact) mass is 483 g/mol. The van der Waals surface area contributed by atoms with E-state index in [0.29, 0.717) is 17.2 Å². The first-order chi connectivity index (χ1) is 16.7. The number of carboxylic acids is 1. The molecule has 4 aromatic rings. The number of hydrogen-bond acceptors (Lipinski definition) is 7. The molecule has 4 N–H and O–H groups in total. The molecule has 1 aromatic carbocycles. The molecular formula is C23H20F3N7O2. The summed E-state index contributed by atoms with van der Waals surface area (Å²) < 4.78 is 38.8. The van der Waals surface area contributed by atoms with Crippen LogP contribution in [0.5, 0.6) is 0 Å². The summed E-state index contributed by atoms with van der Waals surface area (Å²) in [6.45, 7) is 1.85. The quantitative estimate of drug-likeness (QED) is 0.290. The number of imidazole rings is 1. The molecule has 0 unspecified atom stereocenters. The number of rotatable bonds is 8. The van der Waals surface area contributed by atoms with E-state index in [1.807, 2.05) is 13.0 Å². The van der Waals surface area contributed by atoms with Crippen molar-refractivity contribution in [1.29, 1.82) is 0 Å². The zero-order valence-corrected chi connectivity index (χ0v) is 18.3. The van der Waals surface area contributed by atoms with Crippen molar-refractivity contribution in [3.63, 3.8) is 0 Å². The molecule has 0 aliphatic rings. The van der Waals surface area contributed by atoms with E-state index in [2.05, 4.69) is 35.6 Å². The lowest BCUT2D eigenvalue weighted by molar-refractivity contribution is -0.141. The predicted molar refractivity (Wildman–Crippen MR) is 122 cm³/mol. The molecule has 4 rings (SSSR count). The number of H-pyrrole nitrogens is 1. The van der Waals surface area contributed by atoms with Crippen LogP contribution in [0.2, 0.25) is 0 Å². The third-order valence-corrected chi connectivity index (χ3v) is 4.98. The van der Waals surface area contributed by atoms with Crippen molar-refractivity contribution in [2.24, 2.45) is 0 Å². The van der Waals surface area contributed by atoms with Crippen LogP contribution in [-0.2, 0) is 17.4 Å². The number of anilines is 3. The van der Waals surface area contributed by atoms with E-state index in [0.717, 1.165) is 29.0 Å². The number of halogens is 3. The summed E-state index contributed by atoms with van der Waals surface area (Å²) in [6, 6.07) is 8.70. The van der Waals surface area contributed by atoms with E-state index in [1.165, 1.54) is 6.33 Å². The van der Waals surface area contributed by atoms with Crippen molar-refractivity contribution in [3.8, 4) is 11.1 Å². The van der Waals surface area contributed by atoms with Crippen molar-refractivity contribution >= 4 is 23.4 Å². The molecule has 0 aliphatic carbocycles. The number of aromatic amines is 1. The summed E-state index contributed by atoms with van der Waals surface area (Å²) in [5, 5.41) is 15.2. The summed E-state index contributed by atoms with van der Waals surface area (Å²) in [5.41, 5.74) is 2.48. The van der Waals surface area contributed by atoms with Gasteiger partial charge in [-0.1, -0.05) is 6.07 Å². The highest BCUT2D eigenvalue weighted by molar-refractivity contribution is 5.77. The number of pyridine rings is 1. The Labute approximate surface area is 197 Å². The Morgan fingerprint density at radius 3 is 2.60 bits per heavy atom. The maximum atomic E-state index is 12.9. The van der Waals surface area contributed by atoms with Gasteiger partial charge in [-0.25, -0.2) is 24.7 Å². The van der Waals surface area contributed by atoms with Crippen molar-refractivity contribution < 1.29 is 23.1 Å². The first-order valence-electron chi connectivity index (χ1n) is 10.4. The first-order valence-corrected chi connectivity index (χ1v) is 10.4. The Morgan fingerprint density at radius 1 is 1.11 bits per heavy atom. The molecule has 0 saturated heterocycles. The molecule has 0 amide bonds. The number of aryl methyl sites for hydroxylation is 1. The van der Waals surface area contributed by atoms with Crippen molar-refractivity contribution in [1.82, 2.24) is 24.9 Å². The van der Waals surface area contributed by atoms with Gasteiger partial charge in [0.05, 0.1) is 6.33 Å². The van der Waals surface area contributed by atoms with E-state index >= 15 is 0 Å². The highest BCUT2D eigenvalue weighted by Crippen LogP contribution is 2.29. The van der Waals surface area contributed by atoms with Crippen molar-refractivity contribution in [3.05, 3.63) is 78.3 Å². The van der Waals surface area contributed by atoms with E-state index in [-0.39, 0.29) is 12.4 Å².